The lowest BCUT2D eigenvalue weighted by atomic mass is 9.33. The van der Waals surface area contributed by atoms with Crippen LogP contribution in [0.5, 0.6) is 0 Å². The molecule has 7 atom stereocenters. The maximum absolute atomic E-state index is 13.4. The zero-order valence-corrected chi connectivity index (χ0v) is 24.2. The Hall–Kier alpha value is -1.85. The molecule has 208 valence electrons. The summed E-state index contributed by atoms with van der Waals surface area (Å²) in [4.78, 5) is 37.6. The van der Waals surface area contributed by atoms with Crippen molar-refractivity contribution < 1.29 is 29.3 Å². The number of hydrogen-bond acceptors (Lipinski definition) is 4. The minimum absolute atomic E-state index is 0.0150. The van der Waals surface area contributed by atoms with Gasteiger partial charge in [0.2, 0.25) is 0 Å². The minimum Gasteiger partial charge on any atom is -0.481 e. The Kier molecular flexibility index (Phi) is 6.53. The molecule has 4 rings (SSSR count). The van der Waals surface area contributed by atoms with Crippen LogP contribution >= 0.6 is 0 Å². The van der Waals surface area contributed by atoms with Gasteiger partial charge in [0.05, 0.1) is 18.9 Å². The van der Waals surface area contributed by atoms with E-state index in [1.54, 1.807) is 0 Å². The third-order valence-corrected chi connectivity index (χ3v) is 12.2. The third-order valence-electron chi connectivity index (χ3n) is 12.2. The summed E-state index contributed by atoms with van der Waals surface area (Å²) in [6.45, 7) is 15.7. The molecular weight excluding hydrogens is 468 g/mol. The fourth-order valence-electron chi connectivity index (χ4n) is 10.5. The number of rotatable bonds is 5. The first-order valence-electron chi connectivity index (χ1n) is 14.1. The average molecular weight is 517 g/mol. The molecule has 3 saturated carbocycles. The maximum Gasteiger partial charge on any atom is 0.312 e. The van der Waals surface area contributed by atoms with E-state index in [1.807, 2.05) is 6.92 Å². The molecule has 0 aliphatic heterocycles. The molecule has 6 nitrogen and oxygen atoms in total. The van der Waals surface area contributed by atoms with Gasteiger partial charge in [-0.3, -0.25) is 14.4 Å². The van der Waals surface area contributed by atoms with Crippen molar-refractivity contribution in [3.8, 4) is 0 Å². The predicted octanol–water partition coefficient (Wildman–Crippen LogP) is 6.73. The van der Waals surface area contributed by atoms with Crippen LogP contribution in [0.3, 0.4) is 0 Å². The van der Waals surface area contributed by atoms with Crippen molar-refractivity contribution in [2.24, 2.45) is 50.2 Å². The Morgan fingerprint density at radius 3 is 2.14 bits per heavy atom. The number of carbonyl (C=O) groups is 3. The number of carboxylic acid groups (broad SMARTS) is 2. The van der Waals surface area contributed by atoms with Crippen molar-refractivity contribution >= 4 is 17.9 Å². The van der Waals surface area contributed by atoms with Crippen LogP contribution in [0.1, 0.15) is 106 Å². The highest BCUT2D eigenvalue weighted by Crippen LogP contribution is 2.76. The van der Waals surface area contributed by atoms with Gasteiger partial charge in [-0.25, -0.2) is 0 Å². The summed E-state index contributed by atoms with van der Waals surface area (Å²) in [5.41, 5.74) is -0.397. The number of allylic oxidation sites excluding steroid dienone is 2. The highest BCUT2D eigenvalue weighted by molar-refractivity contribution is 5.78. The lowest BCUT2D eigenvalue weighted by Crippen LogP contribution is -2.65. The molecule has 3 fully saturated rings. The molecule has 0 bridgehead atoms. The Balaban J connectivity index is 1.89. The first kappa shape index (κ1) is 28.2. The first-order valence-corrected chi connectivity index (χ1v) is 14.1. The van der Waals surface area contributed by atoms with Crippen LogP contribution in [0.4, 0.5) is 0 Å². The van der Waals surface area contributed by atoms with Gasteiger partial charge in [-0.15, -0.1) is 0 Å². The minimum atomic E-state index is -0.861. The van der Waals surface area contributed by atoms with Crippen molar-refractivity contribution in [1.82, 2.24) is 0 Å². The van der Waals surface area contributed by atoms with Crippen LogP contribution in [-0.2, 0) is 19.1 Å². The zero-order valence-electron chi connectivity index (χ0n) is 24.2. The molecule has 6 heteroatoms. The number of carbonyl (C=O) groups excluding carboxylic acids is 1. The Labute approximate surface area is 222 Å². The second kappa shape index (κ2) is 8.58. The quantitative estimate of drug-likeness (QED) is 0.310. The number of esters is 1. The van der Waals surface area contributed by atoms with Gasteiger partial charge in [0.15, 0.2) is 0 Å². The van der Waals surface area contributed by atoms with Gasteiger partial charge in [0.25, 0.3) is 0 Å². The fraction of sp³-hybridized carbons (Fsp3) is 0.839. The molecule has 0 aromatic heterocycles. The van der Waals surface area contributed by atoms with Gasteiger partial charge in [-0.05, 0) is 89.8 Å². The number of aliphatic carboxylic acids is 2. The zero-order chi connectivity index (χ0) is 27.8. The number of ether oxygens (including phenoxy) is 1. The van der Waals surface area contributed by atoms with Gasteiger partial charge in [-0.1, -0.05) is 60.1 Å². The summed E-state index contributed by atoms with van der Waals surface area (Å²) >= 11 is 0. The summed E-state index contributed by atoms with van der Waals surface area (Å²) in [6.07, 6.45) is 8.31. The lowest BCUT2D eigenvalue weighted by Gasteiger charge is -2.71. The summed E-state index contributed by atoms with van der Waals surface area (Å²) in [5.74, 6) is -1.88. The summed E-state index contributed by atoms with van der Waals surface area (Å²) in [7, 11) is 1.51. The van der Waals surface area contributed by atoms with Crippen molar-refractivity contribution in [2.75, 3.05) is 7.11 Å². The number of carboxylic acids is 2. The van der Waals surface area contributed by atoms with Crippen LogP contribution in [-0.4, -0.2) is 35.2 Å². The highest BCUT2D eigenvalue weighted by atomic mass is 16.5. The molecule has 0 spiro atoms. The Bertz CT molecular complexity index is 1020. The van der Waals surface area contributed by atoms with E-state index >= 15 is 0 Å². The van der Waals surface area contributed by atoms with Gasteiger partial charge in [0, 0.05) is 6.42 Å². The molecule has 0 amide bonds. The van der Waals surface area contributed by atoms with E-state index in [2.05, 4.69) is 47.6 Å². The van der Waals surface area contributed by atoms with Crippen LogP contribution in [0.15, 0.2) is 11.6 Å². The molecule has 4 aliphatic rings. The SMILES string of the molecule is COC(=O)[C@]12CCC(C)(C)C[C@H]1C1=CC[C@@H]3[C@@](C)(CC(=O)O)[C@H](CC(=O)O)C(C)(C)C[C@@]3(C)[C@]1(C)CC2. The van der Waals surface area contributed by atoms with E-state index in [1.165, 1.54) is 12.7 Å². The molecule has 0 heterocycles. The molecule has 0 aromatic rings. The monoisotopic (exact) mass is 516 g/mol. The molecule has 4 aliphatic carbocycles. The first-order chi connectivity index (χ1) is 16.9. The molecule has 0 radical (unpaired) electrons. The topological polar surface area (TPSA) is 101 Å². The lowest BCUT2D eigenvalue weighted by molar-refractivity contribution is -0.203. The largest absolute Gasteiger partial charge is 0.481 e. The molecule has 0 unspecified atom stereocenters. The van der Waals surface area contributed by atoms with Crippen molar-refractivity contribution in [2.45, 2.75) is 106 Å². The van der Waals surface area contributed by atoms with Gasteiger partial charge in [-0.2, -0.15) is 0 Å². The fourth-order valence-corrected chi connectivity index (χ4v) is 10.5. The normalized spacial score (nSPS) is 43.9. The number of methoxy groups -OCH3 is 1. The summed E-state index contributed by atoms with van der Waals surface area (Å²) < 4.78 is 5.44. The Morgan fingerprint density at radius 2 is 1.57 bits per heavy atom. The molecule has 0 saturated heterocycles. The second-order valence-electron chi connectivity index (χ2n) is 15.2. The van der Waals surface area contributed by atoms with Gasteiger partial charge >= 0.3 is 17.9 Å². The molecule has 37 heavy (non-hydrogen) atoms. The van der Waals surface area contributed by atoms with Crippen LogP contribution in [0.2, 0.25) is 0 Å². The van der Waals surface area contributed by atoms with Crippen molar-refractivity contribution in [3.05, 3.63) is 11.6 Å². The van der Waals surface area contributed by atoms with E-state index in [4.69, 9.17) is 4.74 Å². The van der Waals surface area contributed by atoms with Crippen LogP contribution in [0, 0.1) is 50.2 Å². The molecule has 0 aromatic carbocycles. The molecule has 2 N–H and O–H groups in total. The van der Waals surface area contributed by atoms with Gasteiger partial charge in [0.1, 0.15) is 0 Å². The van der Waals surface area contributed by atoms with Crippen molar-refractivity contribution in [3.63, 3.8) is 0 Å². The van der Waals surface area contributed by atoms with Crippen molar-refractivity contribution in [1.29, 1.82) is 0 Å². The maximum atomic E-state index is 13.4. The smallest absolute Gasteiger partial charge is 0.312 e. The van der Waals surface area contributed by atoms with E-state index in [0.717, 1.165) is 44.9 Å². The highest BCUT2D eigenvalue weighted by Gasteiger charge is 2.70. The number of fused-ring (bicyclic) bond motifs is 5. The van der Waals surface area contributed by atoms with E-state index in [0.29, 0.717) is 0 Å². The standard InChI is InChI=1S/C31H48O6/c1-26(2)11-13-31(25(36)37-8)14-12-29(6)19(20(31)16-26)9-10-21-28(5,17-24(34)35)22(15-23(32)33)27(3,4)18-30(21,29)7/h9,20-22H,10-18H2,1-8H3,(H,32,33)(H,34,35)/t20-,21+,22+,28+,29+,30+,31-/m0/s1. The summed E-state index contributed by atoms with van der Waals surface area (Å²) in [6, 6.07) is 0. The second-order valence-corrected chi connectivity index (χ2v) is 15.2. The van der Waals surface area contributed by atoms with E-state index in [9.17, 15) is 24.6 Å². The Morgan fingerprint density at radius 1 is 0.946 bits per heavy atom. The van der Waals surface area contributed by atoms with Crippen LogP contribution in [0.25, 0.3) is 0 Å². The van der Waals surface area contributed by atoms with E-state index < -0.39 is 22.8 Å². The summed E-state index contributed by atoms with van der Waals surface area (Å²) in [5, 5.41) is 19.9. The van der Waals surface area contributed by atoms with E-state index in [-0.39, 0.29) is 58.2 Å². The molecular formula is C31H48O6. The average Bonchev–Trinajstić information content (AvgIpc) is 2.75. The number of hydrogen-bond donors (Lipinski definition) is 2. The third kappa shape index (κ3) is 3.98. The van der Waals surface area contributed by atoms with Gasteiger partial charge < -0.3 is 14.9 Å². The predicted molar refractivity (Wildman–Crippen MR) is 142 cm³/mol. The van der Waals surface area contributed by atoms with Crippen LogP contribution < -0.4 is 0 Å².